The average molecular weight is 892 g/mol. The smallest absolute Gasteiger partial charge is 0.0936 e. The number of unbranched alkanes of at least 4 members (excludes halogenated alkanes) is 9. The zero-order valence-electron chi connectivity index (χ0n) is 43.6. The van der Waals surface area contributed by atoms with Crippen molar-refractivity contribution in [3.8, 4) is 0 Å². The third kappa shape index (κ3) is 17.2. The predicted molar refractivity (Wildman–Crippen MR) is 273 cm³/mol. The van der Waals surface area contributed by atoms with Gasteiger partial charge >= 0.3 is 0 Å². The first-order chi connectivity index (χ1) is 30.9. The van der Waals surface area contributed by atoms with Gasteiger partial charge in [-0.2, -0.15) is 0 Å². The number of fused-ring (bicyclic) bond motifs is 5. The molecular formula is C59H105NO4. The van der Waals surface area contributed by atoms with Crippen molar-refractivity contribution in [1.29, 1.82) is 0 Å². The first kappa shape index (κ1) is 54.0. The van der Waals surface area contributed by atoms with E-state index in [1.54, 1.807) is 5.57 Å². The molecule has 1 saturated heterocycles. The standard InChI is InChI=1S/C59H105NO4/c1-9-10-11-12-13-14-15-16-17-18-19-20-21-22-23-24-40-62-47-52(46-60-38-36-57(5,6)37-39-60)64-44-42-61-41-43-63-51-32-34-58(7)50(45-51)28-29-53-55-31-30-54(49(4)27-25-26-48(2)3)59(55,8)35-33-56(53)58/h13-14,16-17,28,48-49,51-56H,9-12,15,18-27,29-47H2,1-8H3/t49-,51+,52?,53?,54-,55?,56?,58+,59-/m1/s1. The maximum Gasteiger partial charge on any atom is 0.0936 e. The number of hydrogen-bond donors (Lipinski definition) is 0. The SMILES string of the molecule is CCCCCC=CCC=CCCCCCCCCOCC(CN1CCC(C)(C)CC1)OCCOCCO[C@H]1CC[C@@]2(C)C(=CCC3C2CC[C@@]2(C)C3CC[C@@H]2[C@H](C)CCCC(C)C)C1. The summed E-state index contributed by atoms with van der Waals surface area (Å²) in [7, 11) is 0. The highest BCUT2D eigenvalue weighted by Gasteiger charge is 2.59. The number of rotatable bonds is 32. The van der Waals surface area contributed by atoms with Crippen molar-refractivity contribution in [3.63, 3.8) is 0 Å². The Labute approximate surface area is 397 Å². The van der Waals surface area contributed by atoms with E-state index in [0.29, 0.717) is 55.4 Å². The van der Waals surface area contributed by atoms with E-state index in [1.165, 1.54) is 141 Å². The Morgan fingerprint density at radius 1 is 0.688 bits per heavy atom. The summed E-state index contributed by atoms with van der Waals surface area (Å²) in [6.07, 6.45) is 45.4. The molecule has 9 atom stereocenters. The molecule has 3 saturated carbocycles. The van der Waals surface area contributed by atoms with Crippen molar-refractivity contribution < 1.29 is 18.9 Å². The zero-order valence-corrected chi connectivity index (χ0v) is 43.6. The van der Waals surface area contributed by atoms with Gasteiger partial charge in [-0.15, -0.1) is 0 Å². The van der Waals surface area contributed by atoms with Crippen molar-refractivity contribution in [2.24, 2.45) is 51.8 Å². The Morgan fingerprint density at radius 2 is 1.41 bits per heavy atom. The van der Waals surface area contributed by atoms with E-state index in [2.05, 4.69) is 90.7 Å². The maximum atomic E-state index is 6.54. The van der Waals surface area contributed by atoms with Crippen LogP contribution in [-0.2, 0) is 18.9 Å². The summed E-state index contributed by atoms with van der Waals surface area (Å²) in [5.41, 5.74) is 3.13. The summed E-state index contributed by atoms with van der Waals surface area (Å²) in [5.74, 6) is 5.36. The summed E-state index contributed by atoms with van der Waals surface area (Å²) in [4.78, 5) is 2.60. The number of nitrogens with zero attached hydrogens (tertiary/aromatic N) is 1. The maximum absolute atomic E-state index is 6.54. The highest BCUT2D eigenvalue weighted by Crippen LogP contribution is 2.67. The van der Waals surface area contributed by atoms with E-state index in [1.807, 2.05) is 0 Å². The Morgan fingerprint density at radius 3 is 2.16 bits per heavy atom. The predicted octanol–water partition coefficient (Wildman–Crippen LogP) is 15.8. The van der Waals surface area contributed by atoms with E-state index >= 15 is 0 Å². The molecule has 0 N–H and O–H groups in total. The summed E-state index contributed by atoms with van der Waals surface area (Å²) >= 11 is 0. The molecule has 0 aromatic carbocycles. The molecule has 370 valence electrons. The lowest BCUT2D eigenvalue weighted by Crippen LogP contribution is -2.51. The number of likely N-dealkylation sites (tertiary alicyclic amines) is 1. The van der Waals surface area contributed by atoms with Gasteiger partial charge in [0, 0.05) is 13.2 Å². The Balaban J connectivity index is 0.931. The summed E-state index contributed by atoms with van der Waals surface area (Å²) in [6.45, 7) is 27.2. The number of hydrogen-bond acceptors (Lipinski definition) is 5. The molecule has 0 aromatic rings. The van der Waals surface area contributed by atoms with Gasteiger partial charge in [0.1, 0.15) is 0 Å². The van der Waals surface area contributed by atoms with Gasteiger partial charge < -0.3 is 23.8 Å². The minimum absolute atomic E-state index is 0.0988. The number of allylic oxidation sites excluding steroid dienone is 5. The van der Waals surface area contributed by atoms with Gasteiger partial charge in [0.2, 0.25) is 0 Å². The fraction of sp³-hybridized carbons (Fsp3) is 0.898. The van der Waals surface area contributed by atoms with E-state index in [4.69, 9.17) is 18.9 Å². The largest absolute Gasteiger partial charge is 0.379 e. The van der Waals surface area contributed by atoms with Gasteiger partial charge in [-0.3, -0.25) is 0 Å². The minimum Gasteiger partial charge on any atom is -0.379 e. The monoisotopic (exact) mass is 892 g/mol. The van der Waals surface area contributed by atoms with Crippen molar-refractivity contribution >= 4 is 0 Å². The molecule has 5 rings (SSSR count). The van der Waals surface area contributed by atoms with Crippen LogP contribution in [0.15, 0.2) is 36.0 Å². The van der Waals surface area contributed by atoms with Crippen LogP contribution in [0.5, 0.6) is 0 Å². The molecule has 1 heterocycles. The van der Waals surface area contributed by atoms with Crippen molar-refractivity contribution in [3.05, 3.63) is 36.0 Å². The summed E-state index contributed by atoms with van der Waals surface area (Å²) < 4.78 is 25.4. The first-order valence-electron chi connectivity index (χ1n) is 28.1. The number of piperidine rings is 1. The Kier molecular flexibility index (Phi) is 24.0. The van der Waals surface area contributed by atoms with E-state index in [9.17, 15) is 0 Å². The Bertz CT molecular complexity index is 1340. The van der Waals surface area contributed by atoms with Gasteiger partial charge in [0.05, 0.1) is 45.2 Å². The van der Waals surface area contributed by atoms with Gasteiger partial charge in [-0.05, 0) is 168 Å². The van der Waals surface area contributed by atoms with Gasteiger partial charge in [-0.1, -0.05) is 149 Å². The third-order valence-corrected chi connectivity index (χ3v) is 17.9. The fourth-order valence-electron chi connectivity index (χ4n) is 13.6. The van der Waals surface area contributed by atoms with Crippen LogP contribution in [0, 0.1) is 51.8 Å². The fourth-order valence-corrected chi connectivity index (χ4v) is 13.6. The van der Waals surface area contributed by atoms with E-state index < -0.39 is 0 Å². The number of ether oxygens (including phenoxy) is 4. The highest BCUT2D eigenvalue weighted by atomic mass is 16.6. The molecule has 0 spiro atoms. The van der Waals surface area contributed by atoms with Gasteiger partial charge in [0.15, 0.2) is 0 Å². The molecule has 4 fully saturated rings. The first-order valence-corrected chi connectivity index (χ1v) is 28.1. The van der Waals surface area contributed by atoms with Crippen LogP contribution >= 0.6 is 0 Å². The van der Waals surface area contributed by atoms with Crippen molar-refractivity contribution in [1.82, 2.24) is 4.90 Å². The molecule has 1 aliphatic heterocycles. The molecular weight excluding hydrogens is 787 g/mol. The lowest BCUT2D eigenvalue weighted by Gasteiger charge is -2.58. The summed E-state index contributed by atoms with van der Waals surface area (Å²) in [6, 6.07) is 0. The molecule has 0 bridgehead atoms. The van der Waals surface area contributed by atoms with Crippen LogP contribution in [0.4, 0.5) is 0 Å². The minimum atomic E-state index is 0.0988. The van der Waals surface area contributed by atoms with Crippen LogP contribution < -0.4 is 0 Å². The topological polar surface area (TPSA) is 40.2 Å². The van der Waals surface area contributed by atoms with Crippen molar-refractivity contribution in [2.45, 2.75) is 228 Å². The van der Waals surface area contributed by atoms with Crippen LogP contribution in [0.1, 0.15) is 216 Å². The lowest BCUT2D eigenvalue weighted by atomic mass is 9.47. The molecule has 0 aromatic heterocycles. The molecule has 0 radical (unpaired) electrons. The lowest BCUT2D eigenvalue weighted by molar-refractivity contribution is -0.0744. The zero-order chi connectivity index (χ0) is 45.7. The highest BCUT2D eigenvalue weighted by molar-refractivity contribution is 5.25. The Hall–Kier alpha value is -0.980. The molecule has 5 heteroatoms. The van der Waals surface area contributed by atoms with Gasteiger partial charge in [-0.25, -0.2) is 0 Å². The van der Waals surface area contributed by atoms with Crippen molar-refractivity contribution in [2.75, 3.05) is 59.3 Å². The normalized spacial score (nSPS) is 30.5. The molecule has 5 nitrogen and oxygen atoms in total. The molecule has 4 unspecified atom stereocenters. The van der Waals surface area contributed by atoms with E-state index in [-0.39, 0.29) is 6.10 Å². The quantitative estimate of drug-likeness (QED) is 0.0497. The molecule has 4 aliphatic carbocycles. The van der Waals surface area contributed by atoms with Crippen LogP contribution in [0.25, 0.3) is 0 Å². The average Bonchev–Trinajstić information content (AvgIpc) is 3.63. The van der Waals surface area contributed by atoms with Crippen LogP contribution in [0.2, 0.25) is 0 Å². The van der Waals surface area contributed by atoms with Crippen LogP contribution in [-0.4, -0.2) is 76.4 Å². The second-order valence-electron chi connectivity index (χ2n) is 23.8. The summed E-state index contributed by atoms with van der Waals surface area (Å²) in [5, 5.41) is 0. The van der Waals surface area contributed by atoms with Crippen LogP contribution in [0.3, 0.4) is 0 Å². The second-order valence-corrected chi connectivity index (χ2v) is 23.8. The molecule has 64 heavy (non-hydrogen) atoms. The van der Waals surface area contributed by atoms with E-state index in [0.717, 1.165) is 81.0 Å². The van der Waals surface area contributed by atoms with Gasteiger partial charge in [0.25, 0.3) is 0 Å². The molecule has 5 aliphatic rings. The third-order valence-electron chi connectivity index (χ3n) is 17.9. The second kappa shape index (κ2) is 28.5. The molecule has 0 amide bonds.